The predicted molar refractivity (Wildman–Crippen MR) is 65.8 cm³/mol. The molecule has 0 aromatic carbocycles. The number of carbonyl (C=O) groups excluding carboxylic acids is 2. The number of urea groups is 1. The lowest BCUT2D eigenvalue weighted by Gasteiger charge is -2.20. The molecule has 1 aliphatic heterocycles. The Morgan fingerprint density at radius 3 is 2.67 bits per heavy atom. The molecule has 1 N–H and O–H groups in total. The average Bonchev–Trinajstić information content (AvgIpc) is 2.87. The molecular formula is C12H18N4O2. The molecule has 3 amide bonds. The average molecular weight is 250 g/mol. The summed E-state index contributed by atoms with van der Waals surface area (Å²) in [6.45, 7) is 5.99. The number of imide groups is 1. The number of aromatic nitrogens is 2. The third kappa shape index (κ3) is 2.10. The normalized spacial score (nSPS) is 20.3. The molecule has 0 bridgehead atoms. The summed E-state index contributed by atoms with van der Waals surface area (Å²) < 4.78 is 0. The number of amides is 3. The first-order chi connectivity index (χ1) is 8.52. The van der Waals surface area contributed by atoms with Gasteiger partial charge < -0.3 is 9.88 Å². The molecule has 2 heterocycles. The number of H-pyrrole nitrogens is 1. The Kier molecular flexibility index (Phi) is 3.36. The number of nitrogens with one attached hydrogen (secondary N) is 1. The Labute approximate surface area is 106 Å². The second-order valence-corrected chi connectivity index (χ2v) is 4.78. The minimum Gasteiger partial charge on any atom is -0.348 e. The van der Waals surface area contributed by atoms with E-state index in [1.54, 1.807) is 24.3 Å². The molecule has 0 saturated carbocycles. The molecular weight excluding hydrogens is 232 g/mol. The van der Waals surface area contributed by atoms with Crippen LogP contribution in [0.3, 0.4) is 0 Å². The van der Waals surface area contributed by atoms with Crippen molar-refractivity contribution in [2.75, 3.05) is 6.54 Å². The van der Waals surface area contributed by atoms with E-state index in [1.807, 2.05) is 13.8 Å². The zero-order valence-corrected chi connectivity index (χ0v) is 10.9. The van der Waals surface area contributed by atoms with Crippen LogP contribution >= 0.6 is 0 Å². The molecule has 2 rings (SSSR count). The number of aromatic amines is 1. The van der Waals surface area contributed by atoms with Crippen molar-refractivity contribution in [3.63, 3.8) is 0 Å². The van der Waals surface area contributed by atoms with Crippen LogP contribution in [0.15, 0.2) is 12.5 Å². The predicted octanol–water partition coefficient (Wildman–Crippen LogP) is 1.01. The first-order valence-corrected chi connectivity index (χ1v) is 6.13. The number of rotatable bonds is 4. The second kappa shape index (κ2) is 4.80. The largest absolute Gasteiger partial charge is 0.348 e. The van der Waals surface area contributed by atoms with E-state index >= 15 is 0 Å². The van der Waals surface area contributed by atoms with Crippen molar-refractivity contribution in [3.05, 3.63) is 18.2 Å². The number of nitrogens with zero attached hydrogens (tertiary/aromatic N) is 3. The molecule has 0 aliphatic carbocycles. The fourth-order valence-electron chi connectivity index (χ4n) is 2.16. The molecule has 0 radical (unpaired) electrons. The van der Waals surface area contributed by atoms with Gasteiger partial charge in [-0.25, -0.2) is 9.78 Å². The Morgan fingerprint density at radius 2 is 2.17 bits per heavy atom. The zero-order chi connectivity index (χ0) is 13.3. The topological polar surface area (TPSA) is 69.3 Å². The van der Waals surface area contributed by atoms with Gasteiger partial charge in [0, 0.05) is 30.9 Å². The van der Waals surface area contributed by atoms with Crippen LogP contribution in [0.1, 0.15) is 26.5 Å². The maximum atomic E-state index is 12.1. The summed E-state index contributed by atoms with van der Waals surface area (Å²) in [4.78, 5) is 34.0. The summed E-state index contributed by atoms with van der Waals surface area (Å²) in [6.07, 6.45) is 4.01. The minimum absolute atomic E-state index is 0.0930. The summed E-state index contributed by atoms with van der Waals surface area (Å²) in [5.74, 6) is -0.111. The molecule has 1 atom stereocenters. The molecule has 6 nitrogen and oxygen atoms in total. The lowest BCUT2D eigenvalue weighted by molar-refractivity contribution is -0.128. The quantitative estimate of drug-likeness (QED) is 0.811. The van der Waals surface area contributed by atoms with E-state index in [0.717, 1.165) is 5.69 Å². The van der Waals surface area contributed by atoms with Gasteiger partial charge in [0.05, 0.1) is 6.33 Å². The molecule has 1 aliphatic rings. The van der Waals surface area contributed by atoms with E-state index < -0.39 is 0 Å². The van der Waals surface area contributed by atoms with Gasteiger partial charge in [0.15, 0.2) is 0 Å². The highest BCUT2D eigenvalue weighted by Crippen LogP contribution is 2.20. The van der Waals surface area contributed by atoms with Crippen molar-refractivity contribution < 1.29 is 9.59 Å². The van der Waals surface area contributed by atoms with Gasteiger partial charge in [0.25, 0.3) is 5.91 Å². The van der Waals surface area contributed by atoms with Gasteiger partial charge in [0.1, 0.15) is 6.04 Å². The van der Waals surface area contributed by atoms with Crippen molar-refractivity contribution in [3.8, 4) is 0 Å². The number of hydrogen-bond acceptors (Lipinski definition) is 3. The summed E-state index contributed by atoms with van der Waals surface area (Å²) in [5, 5.41) is 0. The SMILES string of the molecule is CC(C)N1C(=O)[C@H](C)N(CCc2cnc[nH]2)C1=O. The van der Waals surface area contributed by atoms with E-state index in [0.29, 0.717) is 13.0 Å². The molecule has 98 valence electrons. The maximum Gasteiger partial charge on any atom is 0.327 e. The van der Waals surface area contributed by atoms with Gasteiger partial charge in [-0.1, -0.05) is 0 Å². The minimum atomic E-state index is -0.372. The monoisotopic (exact) mass is 250 g/mol. The van der Waals surface area contributed by atoms with Gasteiger partial charge in [-0.2, -0.15) is 0 Å². The second-order valence-electron chi connectivity index (χ2n) is 4.78. The summed E-state index contributed by atoms with van der Waals surface area (Å²) >= 11 is 0. The van der Waals surface area contributed by atoms with E-state index in [4.69, 9.17) is 0 Å². The van der Waals surface area contributed by atoms with Crippen molar-refractivity contribution in [1.29, 1.82) is 0 Å². The third-order valence-corrected chi connectivity index (χ3v) is 3.21. The first kappa shape index (κ1) is 12.6. The van der Waals surface area contributed by atoms with Crippen molar-refractivity contribution in [2.45, 2.75) is 39.3 Å². The summed E-state index contributed by atoms with van der Waals surface area (Å²) in [6, 6.07) is -0.658. The lowest BCUT2D eigenvalue weighted by atomic mass is 10.2. The number of hydrogen-bond donors (Lipinski definition) is 1. The van der Waals surface area contributed by atoms with Crippen LogP contribution < -0.4 is 0 Å². The molecule has 6 heteroatoms. The Bertz CT molecular complexity index is 441. The van der Waals surface area contributed by atoms with Crippen LogP contribution in [0, 0.1) is 0 Å². The molecule has 1 fully saturated rings. The summed E-state index contributed by atoms with van der Waals surface area (Å²) in [5.41, 5.74) is 0.963. The van der Waals surface area contributed by atoms with Gasteiger partial charge >= 0.3 is 6.03 Å². The van der Waals surface area contributed by atoms with Crippen molar-refractivity contribution >= 4 is 11.9 Å². The first-order valence-electron chi connectivity index (χ1n) is 6.13. The van der Waals surface area contributed by atoms with Gasteiger partial charge in [-0.15, -0.1) is 0 Å². The van der Waals surface area contributed by atoms with Gasteiger partial charge in [0.2, 0.25) is 0 Å². The molecule has 0 unspecified atom stereocenters. The standard InChI is InChI=1S/C12H18N4O2/c1-8(2)16-11(17)9(3)15(12(16)18)5-4-10-6-13-7-14-10/h6-9H,4-5H2,1-3H3,(H,13,14)/t9-/m0/s1. The van der Waals surface area contributed by atoms with Crippen LogP contribution in [0.2, 0.25) is 0 Å². The van der Waals surface area contributed by atoms with Gasteiger partial charge in [-0.3, -0.25) is 9.69 Å². The molecule has 1 aromatic rings. The van der Waals surface area contributed by atoms with Crippen LogP contribution in [0.4, 0.5) is 4.79 Å². The molecule has 1 aromatic heterocycles. The fourth-order valence-corrected chi connectivity index (χ4v) is 2.16. The Balaban J connectivity index is 2.05. The van der Waals surface area contributed by atoms with Crippen LogP contribution in [0.5, 0.6) is 0 Å². The van der Waals surface area contributed by atoms with Crippen LogP contribution in [-0.2, 0) is 11.2 Å². The Morgan fingerprint density at radius 1 is 1.44 bits per heavy atom. The van der Waals surface area contributed by atoms with Gasteiger partial charge in [-0.05, 0) is 20.8 Å². The van der Waals surface area contributed by atoms with Crippen molar-refractivity contribution in [1.82, 2.24) is 19.8 Å². The molecule has 1 saturated heterocycles. The highest BCUT2D eigenvalue weighted by Gasteiger charge is 2.43. The van der Waals surface area contributed by atoms with Crippen LogP contribution in [0.25, 0.3) is 0 Å². The van der Waals surface area contributed by atoms with E-state index in [-0.39, 0.29) is 24.0 Å². The summed E-state index contributed by atoms with van der Waals surface area (Å²) in [7, 11) is 0. The number of carbonyl (C=O) groups is 2. The van der Waals surface area contributed by atoms with Crippen molar-refractivity contribution in [2.24, 2.45) is 0 Å². The number of imidazole rings is 1. The maximum absolute atomic E-state index is 12.1. The Hall–Kier alpha value is -1.85. The fraction of sp³-hybridized carbons (Fsp3) is 0.583. The lowest BCUT2D eigenvalue weighted by Crippen LogP contribution is -2.38. The zero-order valence-electron chi connectivity index (χ0n) is 10.9. The van der Waals surface area contributed by atoms with E-state index in [2.05, 4.69) is 9.97 Å². The van der Waals surface area contributed by atoms with E-state index in [9.17, 15) is 9.59 Å². The third-order valence-electron chi connectivity index (χ3n) is 3.21. The highest BCUT2D eigenvalue weighted by molar-refractivity contribution is 6.04. The molecule has 18 heavy (non-hydrogen) atoms. The highest BCUT2D eigenvalue weighted by atomic mass is 16.2. The van der Waals surface area contributed by atoms with Crippen LogP contribution in [-0.4, -0.2) is 50.3 Å². The molecule has 0 spiro atoms. The smallest absolute Gasteiger partial charge is 0.327 e. The van der Waals surface area contributed by atoms with E-state index in [1.165, 1.54) is 4.90 Å².